The first-order valence-electron chi connectivity index (χ1n) is 26.6. The number of hydrogen-bond acceptors (Lipinski definition) is 8. The van der Waals surface area contributed by atoms with Crippen LogP contribution >= 0.6 is 0 Å². The Bertz CT molecular complexity index is 2540. The Hall–Kier alpha value is -6.54. The van der Waals surface area contributed by atoms with Crippen molar-refractivity contribution in [3.63, 3.8) is 0 Å². The van der Waals surface area contributed by atoms with E-state index in [4.69, 9.17) is 18.9 Å². The fraction of sp³-hybridized carbons (Fsp3) is 0.397. The third-order valence-electron chi connectivity index (χ3n) is 12.9. The average Bonchev–Trinajstić information content (AvgIpc) is 3.40. The summed E-state index contributed by atoms with van der Waals surface area (Å²) in [7, 11) is 0. The Morgan fingerprint density at radius 3 is 1.24 bits per heavy atom. The maximum atomic E-state index is 13.3. The largest absolute Gasteiger partial charge is 0.494 e. The van der Waals surface area contributed by atoms with E-state index in [2.05, 4.69) is 23.8 Å². The van der Waals surface area contributed by atoms with Gasteiger partial charge in [-0.2, -0.15) is 0 Å². The molecule has 0 saturated carbocycles. The SMILES string of the molecule is CCCCCCCCCCCCOc1ccc(N=Cc2ccc(C(=O)Oc3ccc4ccc(OC(=O)c5ccc(C=Nc6ccc(OCCCCCCCCCCCC)cc6)cc5)c(C)c4c3)cc2)cc1. The van der Waals surface area contributed by atoms with Crippen LogP contribution in [-0.2, 0) is 0 Å². The summed E-state index contributed by atoms with van der Waals surface area (Å²) in [6.07, 6.45) is 29.6. The molecule has 0 aromatic heterocycles. The van der Waals surface area contributed by atoms with Gasteiger partial charge in [0, 0.05) is 12.4 Å². The Kier molecular flexibility index (Phi) is 23.4. The second-order valence-corrected chi connectivity index (χ2v) is 18.7. The molecule has 6 rings (SSSR count). The predicted molar refractivity (Wildman–Crippen MR) is 294 cm³/mol. The van der Waals surface area contributed by atoms with Crippen LogP contribution in [0, 0.1) is 6.92 Å². The topological polar surface area (TPSA) is 95.8 Å². The van der Waals surface area contributed by atoms with E-state index < -0.39 is 11.9 Å². The normalized spacial score (nSPS) is 11.4. The summed E-state index contributed by atoms with van der Waals surface area (Å²) >= 11 is 0. The molecule has 8 heteroatoms. The molecule has 6 aromatic rings. The number of fused-ring (bicyclic) bond motifs is 1. The van der Waals surface area contributed by atoms with E-state index in [0.717, 1.165) is 76.4 Å². The summed E-state index contributed by atoms with van der Waals surface area (Å²) in [5.41, 5.74) is 4.93. The van der Waals surface area contributed by atoms with Crippen molar-refractivity contribution in [3.8, 4) is 23.0 Å². The van der Waals surface area contributed by atoms with Crippen molar-refractivity contribution in [3.05, 3.63) is 155 Å². The minimum atomic E-state index is -0.479. The highest BCUT2D eigenvalue weighted by atomic mass is 16.5. The van der Waals surface area contributed by atoms with Crippen LogP contribution in [0.1, 0.15) is 180 Å². The zero-order valence-corrected chi connectivity index (χ0v) is 42.7. The van der Waals surface area contributed by atoms with Crippen LogP contribution in [0.2, 0.25) is 0 Å². The maximum Gasteiger partial charge on any atom is 0.343 e. The molecule has 0 unspecified atom stereocenters. The van der Waals surface area contributed by atoms with Gasteiger partial charge < -0.3 is 18.9 Å². The highest BCUT2D eigenvalue weighted by Gasteiger charge is 2.15. The lowest BCUT2D eigenvalue weighted by Gasteiger charge is -2.12. The van der Waals surface area contributed by atoms with E-state index in [9.17, 15) is 9.59 Å². The molecule has 8 nitrogen and oxygen atoms in total. The van der Waals surface area contributed by atoms with Gasteiger partial charge in [-0.3, -0.25) is 9.98 Å². The molecule has 0 saturated heterocycles. The van der Waals surface area contributed by atoms with Crippen LogP contribution in [-0.4, -0.2) is 37.6 Å². The molecule has 0 amide bonds. The summed E-state index contributed by atoms with van der Waals surface area (Å²) in [6, 6.07) is 39.0. The van der Waals surface area contributed by atoms with Crippen molar-refractivity contribution >= 4 is 46.5 Å². The van der Waals surface area contributed by atoms with Gasteiger partial charge in [0.25, 0.3) is 0 Å². The fourth-order valence-corrected chi connectivity index (χ4v) is 8.45. The second-order valence-electron chi connectivity index (χ2n) is 18.7. The molecule has 71 heavy (non-hydrogen) atoms. The van der Waals surface area contributed by atoms with E-state index in [1.807, 2.05) is 91.9 Å². The molecule has 0 N–H and O–H groups in total. The van der Waals surface area contributed by atoms with Crippen molar-refractivity contribution in [2.75, 3.05) is 13.2 Å². The van der Waals surface area contributed by atoms with Gasteiger partial charge in [-0.1, -0.05) is 166 Å². The van der Waals surface area contributed by atoms with E-state index in [-0.39, 0.29) is 0 Å². The number of aliphatic imine (C=N–C) groups is 2. The molecule has 0 aliphatic rings. The Morgan fingerprint density at radius 2 is 0.803 bits per heavy atom. The van der Waals surface area contributed by atoms with Crippen molar-refractivity contribution < 1.29 is 28.5 Å². The summed E-state index contributed by atoms with van der Waals surface area (Å²) in [4.78, 5) is 35.7. The molecular formula is C63H76N2O6. The number of carbonyl (C=O) groups excluding carboxylic acids is 2. The summed E-state index contributed by atoms with van der Waals surface area (Å²) in [5, 5.41) is 1.73. The van der Waals surface area contributed by atoms with Crippen LogP contribution < -0.4 is 18.9 Å². The molecular weight excluding hydrogens is 881 g/mol. The first kappa shape index (κ1) is 53.8. The van der Waals surface area contributed by atoms with Crippen LogP contribution in [0.3, 0.4) is 0 Å². The van der Waals surface area contributed by atoms with Gasteiger partial charge in [0.1, 0.15) is 23.0 Å². The highest BCUT2D eigenvalue weighted by Crippen LogP contribution is 2.31. The van der Waals surface area contributed by atoms with E-state index >= 15 is 0 Å². The Balaban J connectivity index is 0.906. The van der Waals surface area contributed by atoms with Crippen molar-refractivity contribution in [1.82, 2.24) is 0 Å². The summed E-state index contributed by atoms with van der Waals surface area (Å²) in [5.74, 6) is 1.56. The average molecular weight is 957 g/mol. The Morgan fingerprint density at radius 1 is 0.423 bits per heavy atom. The van der Waals surface area contributed by atoms with Gasteiger partial charge >= 0.3 is 11.9 Å². The Labute approximate surface area is 423 Å². The standard InChI is InChI=1S/C63H76N2O6/c1-4-6-8-10-12-14-16-18-20-22-44-68-57-39-34-55(35-40-57)64-47-50-24-28-53(29-25-50)62(66)70-59-38-32-52-33-43-61(49(3)60(52)46-59)71-63(67)54-30-26-51(27-31-54)48-65-56-36-41-58(42-37-56)69-45-23-21-19-17-15-13-11-9-7-5-2/h24-43,46-48H,4-23,44-45H2,1-3H3. The number of unbranched alkanes of at least 4 members (excludes halogenated alkanes) is 18. The summed E-state index contributed by atoms with van der Waals surface area (Å²) in [6.45, 7) is 7.87. The van der Waals surface area contributed by atoms with Crippen LogP contribution in [0.4, 0.5) is 11.4 Å². The van der Waals surface area contributed by atoms with Crippen LogP contribution in [0.25, 0.3) is 10.8 Å². The first-order valence-corrected chi connectivity index (χ1v) is 26.6. The van der Waals surface area contributed by atoms with E-state index in [1.165, 1.54) is 116 Å². The van der Waals surface area contributed by atoms with E-state index in [1.54, 1.807) is 54.9 Å². The molecule has 0 aliphatic carbocycles. The van der Waals surface area contributed by atoms with Crippen molar-refractivity contribution in [1.29, 1.82) is 0 Å². The molecule has 0 aliphatic heterocycles. The number of nitrogens with zero attached hydrogens (tertiary/aromatic N) is 2. The number of hydrogen-bond donors (Lipinski definition) is 0. The minimum absolute atomic E-state index is 0.386. The zero-order valence-electron chi connectivity index (χ0n) is 42.7. The van der Waals surface area contributed by atoms with Crippen molar-refractivity contribution in [2.24, 2.45) is 9.98 Å². The van der Waals surface area contributed by atoms with Gasteiger partial charge in [-0.05, 0) is 138 Å². The maximum absolute atomic E-state index is 13.3. The number of rotatable bonds is 32. The van der Waals surface area contributed by atoms with Gasteiger partial charge in [0.05, 0.1) is 35.7 Å². The van der Waals surface area contributed by atoms with Crippen LogP contribution in [0.5, 0.6) is 23.0 Å². The van der Waals surface area contributed by atoms with Crippen molar-refractivity contribution in [2.45, 2.75) is 149 Å². The highest BCUT2D eigenvalue weighted by molar-refractivity contribution is 5.96. The number of carbonyl (C=O) groups is 2. The third-order valence-corrected chi connectivity index (χ3v) is 12.9. The number of benzene rings is 6. The lowest BCUT2D eigenvalue weighted by atomic mass is 10.0. The second kappa shape index (κ2) is 30.9. The zero-order chi connectivity index (χ0) is 49.7. The molecule has 0 bridgehead atoms. The van der Waals surface area contributed by atoms with E-state index in [0.29, 0.717) is 22.6 Å². The number of esters is 2. The monoisotopic (exact) mass is 957 g/mol. The lowest BCUT2D eigenvalue weighted by molar-refractivity contribution is 0.0725. The molecule has 0 radical (unpaired) electrons. The molecule has 374 valence electrons. The smallest absolute Gasteiger partial charge is 0.343 e. The molecule has 0 heterocycles. The summed E-state index contributed by atoms with van der Waals surface area (Å²) < 4.78 is 23.6. The molecule has 6 aromatic carbocycles. The van der Waals surface area contributed by atoms with Gasteiger partial charge in [0.15, 0.2) is 0 Å². The van der Waals surface area contributed by atoms with Gasteiger partial charge in [0.2, 0.25) is 0 Å². The van der Waals surface area contributed by atoms with Gasteiger partial charge in [-0.25, -0.2) is 9.59 Å². The lowest BCUT2D eigenvalue weighted by Crippen LogP contribution is -2.10. The minimum Gasteiger partial charge on any atom is -0.494 e. The number of aryl methyl sites for hydroxylation is 1. The molecule has 0 spiro atoms. The third kappa shape index (κ3) is 19.3. The molecule has 0 atom stereocenters. The number of ether oxygens (including phenoxy) is 4. The quantitative estimate of drug-likeness (QED) is 0.0181. The fourth-order valence-electron chi connectivity index (χ4n) is 8.45. The van der Waals surface area contributed by atoms with Gasteiger partial charge in [-0.15, -0.1) is 0 Å². The predicted octanol–water partition coefficient (Wildman–Crippen LogP) is 17.7. The molecule has 0 fully saturated rings. The first-order chi connectivity index (χ1) is 34.9. The van der Waals surface area contributed by atoms with Crippen LogP contribution in [0.15, 0.2) is 137 Å².